The first-order valence-corrected chi connectivity index (χ1v) is 12.8. The Kier molecular flexibility index (Phi) is 9.93. The van der Waals surface area contributed by atoms with Crippen LogP contribution in [-0.4, -0.2) is 52.9 Å². The minimum atomic E-state index is -1.27. The number of carbonyl (C=O) groups is 3. The van der Waals surface area contributed by atoms with E-state index in [1.54, 1.807) is 43.3 Å². The average molecular weight is 547 g/mol. The fourth-order valence-corrected chi connectivity index (χ4v) is 4.08. The summed E-state index contributed by atoms with van der Waals surface area (Å²) in [5.41, 5.74) is 12.5. The van der Waals surface area contributed by atoms with E-state index in [2.05, 4.69) is 15.6 Å². The lowest BCUT2D eigenvalue weighted by Gasteiger charge is -2.22. The van der Waals surface area contributed by atoms with Crippen LogP contribution in [0.15, 0.2) is 54.6 Å². The van der Waals surface area contributed by atoms with Gasteiger partial charge in [-0.3, -0.25) is 15.0 Å². The Labute approximate surface area is 232 Å². The van der Waals surface area contributed by atoms with Crippen LogP contribution in [0.1, 0.15) is 64.0 Å². The van der Waals surface area contributed by atoms with Crippen LogP contribution >= 0.6 is 0 Å². The lowest BCUT2D eigenvalue weighted by atomic mass is 9.95. The number of anilines is 1. The molecule has 1 atom stereocenters. The van der Waals surface area contributed by atoms with Gasteiger partial charge < -0.3 is 31.9 Å². The third kappa shape index (κ3) is 7.20. The number of aromatic nitrogens is 1. The Bertz CT molecular complexity index is 1400. The van der Waals surface area contributed by atoms with Crippen molar-refractivity contribution >= 4 is 29.3 Å². The standard InChI is InChI=1S/C29H34N6O5/c1-4-40-24-12-11-21(25(35-24)28(37)33-19-8-5-17(6-9-19)26(31)32)20-10-7-18(15-22(20)29(38)39)27(36)34-23(13-14-30)16(2)3/h5-12,15-16,23H,4,13-14,30H2,1-3H3,(H3,31,32)(H,33,37)(H,34,36)(H,38,39). The van der Waals surface area contributed by atoms with Crippen LogP contribution in [0.5, 0.6) is 5.88 Å². The molecule has 0 aliphatic rings. The molecule has 0 saturated heterocycles. The van der Waals surface area contributed by atoms with Gasteiger partial charge in [-0.25, -0.2) is 9.78 Å². The number of nitrogens with one attached hydrogen (secondary N) is 3. The first-order chi connectivity index (χ1) is 19.0. The van der Waals surface area contributed by atoms with Crippen molar-refractivity contribution in [1.82, 2.24) is 10.3 Å². The van der Waals surface area contributed by atoms with E-state index in [0.29, 0.717) is 30.8 Å². The van der Waals surface area contributed by atoms with Crippen molar-refractivity contribution in [2.24, 2.45) is 17.4 Å². The van der Waals surface area contributed by atoms with Gasteiger partial charge in [-0.15, -0.1) is 0 Å². The van der Waals surface area contributed by atoms with Crippen molar-refractivity contribution in [1.29, 1.82) is 5.41 Å². The molecule has 0 radical (unpaired) electrons. The number of ether oxygens (including phenoxy) is 1. The maximum Gasteiger partial charge on any atom is 0.336 e. The van der Waals surface area contributed by atoms with E-state index in [9.17, 15) is 19.5 Å². The van der Waals surface area contributed by atoms with E-state index in [1.807, 2.05) is 13.8 Å². The predicted octanol–water partition coefficient (Wildman–Crippen LogP) is 3.49. The van der Waals surface area contributed by atoms with Gasteiger partial charge in [0, 0.05) is 34.5 Å². The first-order valence-electron chi connectivity index (χ1n) is 12.8. The molecule has 1 aromatic heterocycles. The zero-order valence-corrected chi connectivity index (χ0v) is 22.7. The minimum Gasteiger partial charge on any atom is -0.478 e. The topological polar surface area (TPSA) is 194 Å². The normalized spacial score (nSPS) is 11.5. The Hall–Kier alpha value is -4.77. The smallest absolute Gasteiger partial charge is 0.336 e. The molecular weight excluding hydrogens is 512 g/mol. The van der Waals surface area contributed by atoms with E-state index in [1.165, 1.54) is 18.2 Å². The van der Waals surface area contributed by atoms with Crippen molar-refractivity contribution in [2.45, 2.75) is 33.2 Å². The number of aromatic carboxylic acids is 1. The summed E-state index contributed by atoms with van der Waals surface area (Å²) in [6.45, 7) is 6.42. The molecule has 1 unspecified atom stereocenters. The molecule has 210 valence electrons. The van der Waals surface area contributed by atoms with Crippen molar-refractivity contribution in [3.63, 3.8) is 0 Å². The number of rotatable bonds is 12. The number of pyridine rings is 1. The average Bonchev–Trinajstić information content (AvgIpc) is 2.92. The third-order valence-electron chi connectivity index (χ3n) is 6.23. The highest BCUT2D eigenvalue weighted by molar-refractivity contribution is 6.10. The number of hydrogen-bond acceptors (Lipinski definition) is 7. The lowest BCUT2D eigenvalue weighted by molar-refractivity contribution is 0.0697. The summed E-state index contributed by atoms with van der Waals surface area (Å²) in [5, 5.41) is 23.2. The molecule has 0 bridgehead atoms. The molecule has 0 spiro atoms. The van der Waals surface area contributed by atoms with Crippen LogP contribution in [0.25, 0.3) is 11.1 Å². The summed E-state index contributed by atoms with van der Waals surface area (Å²) in [5.74, 6) is -2.07. The molecule has 11 nitrogen and oxygen atoms in total. The van der Waals surface area contributed by atoms with Gasteiger partial charge in [-0.1, -0.05) is 19.9 Å². The summed E-state index contributed by atoms with van der Waals surface area (Å²) < 4.78 is 5.48. The van der Waals surface area contributed by atoms with Gasteiger partial charge in [0.25, 0.3) is 11.8 Å². The Morgan fingerprint density at radius 3 is 2.23 bits per heavy atom. The van der Waals surface area contributed by atoms with Crippen molar-refractivity contribution in [3.05, 3.63) is 77.0 Å². The van der Waals surface area contributed by atoms with Gasteiger partial charge in [-0.2, -0.15) is 0 Å². The quantitative estimate of drug-likeness (QED) is 0.147. The van der Waals surface area contributed by atoms with Crippen LogP contribution in [0.2, 0.25) is 0 Å². The SMILES string of the molecule is CCOc1ccc(-c2ccc(C(=O)NC(CCN)C(C)C)cc2C(=O)O)c(C(=O)Nc2ccc(C(=N)N)cc2)n1. The zero-order chi connectivity index (χ0) is 29.4. The maximum absolute atomic E-state index is 13.4. The van der Waals surface area contributed by atoms with Crippen LogP contribution in [-0.2, 0) is 0 Å². The third-order valence-corrected chi connectivity index (χ3v) is 6.23. The zero-order valence-electron chi connectivity index (χ0n) is 22.7. The predicted molar refractivity (Wildman–Crippen MR) is 153 cm³/mol. The molecule has 8 N–H and O–H groups in total. The lowest BCUT2D eigenvalue weighted by Crippen LogP contribution is -2.40. The number of carbonyl (C=O) groups excluding carboxylic acids is 2. The van der Waals surface area contributed by atoms with Crippen LogP contribution in [0, 0.1) is 11.3 Å². The number of benzene rings is 2. The molecule has 3 rings (SSSR count). The largest absolute Gasteiger partial charge is 0.478 e. The molecule has 2 aromatic carbocycles. The van der Waals surface area contributed by atoms with Gasteiger partial charge in [0.05, 0.1) is 12.2 Å². The summed E-state index contributed by atoms with van der Waals surface area (Å²) in [6, 6.07) is 13.6. The van der Waals surface area contributed by atoms with Crippen molar-refractivity contribution in [2.75, 3.05) is 18.5 Å². The second-order valence-corrected chi connectivity index (χ2v) is 9.39. The highest BCUT2D eigenvalue weighted by atomic mass is 16.5. The minimum absolute atomic E-state index is 0.0656. The summed E-state index contributed by atoms with van der Waals surface area (Å²) >= 11 is 0. The molecule has 40 heavy (non-hydrogen) atoms. The number of amidine groups is 1. The van der Waals surface area contributed by atoms with E-state index < -0.39 is 17.8 Å². The molecule has 3 aromatic rings. The van der Waals surface area contributed by atoms with Crippen LogP contribution < -0.4 is 26.8 Å². The number of nitrogens with two attached hydrogens (primary N) is 2. The number of nitrogens with zero attached hydrogens (tertiary/aromatic N) is 1. The van der Waals surface area contributed by atoms with E-state index in [4.69, 9.17) is 21.6 Å². The molecule has 0 saturated carbocycles. The Balaban J connectivity index is 2.02. The number of hydrogen-bond donors (Lipinski definition) is 6. The summed E-state index contributed by atoms with van der Waals surface area (Å²) in [4.78, 5) is 43.0. The van der Waals surface area contributed by atoms with Gasteiger partial charge in [0.2, 0.25) is 5.88 Å². The molecule has 0 aliphatic heterocycles. The summed E-state index contributed by atoms with van der Waals surface area (Å²) in [6.07, 6.45) is 0.584. The molecular formula is C29H34N6O5. The first kappa shape index (κ1) is 29.8. The monoisotopic (exact) mass is 546 g/mol. The van der Waals surface area contributed by atoms with Gasteiger partial charge >= 0.3 is 5.97 Å². The fourth-order valence-electron chi connectivity index (χ4n) is 4.08. The van der Waals surface area contributed by atoms with E-state index in [-0.39, 0.29) is 51.6 Å². The number of carboxylic acids is 1. The maximum atomic E-state index is 13.4. The van der Waals surface area contributed by atoms with Crippen LogP contribution in [0.3, 0.4) is 0 Å². The Morgan fingerprint density at radius 1 is 1.00 bits per heavy atom. The van der Waals surface area contributed by atoms with Crippen molar-refractivity contribution < 1.29 is 24.2 Å². The highest BCUT2D eigenvalue weighted by Gasteiger charge is 2.23. The fraction of sp³-hybridized carbons (Fsp3) is 0.276. The molecule has 2 amide bonds. The number of amides is 2. The van der Waals surface area contributed by atoms with Gasteiger partial charge in [-0.05, 0) is 73.8 Å². The number of nitrogen functional groups attached to an aromatic ring is 1. The summed E-state index contributed by atoms with van der Waals surface area (Å²) in [7, 11) is 0. The van der Waals surface area contributed by atoms with Gasteiger partial charge in [0.1, 0.15) is 11.5 Å². The molecule has 0 aliphatic carbocycles. The van der Waals surface area contributed by atoms with Crippen LogP contribution in [0.4, 0.5) is 5.69 Å². The second kappa shape index (κ2) is 13.3. The van der Waals surface area contributed by atoms with Gasteiger partial charge in [0.15, 0.2) is 0 Å². The second-order valence-electron chi connectivity index (χ2n) is 9.39. The van der Waals surface area contributed by atoms with Crippen molar-refractivity contribution in [3.8, 4) is 17.0 Å². The molecule has 11 heteroatoms. The molecule has 1 heterocycles. The van der Waals surface area contributed by atoms with E-state index >= 15 is 0 Å². The van der Waals surface area contributed by atoms with E-state index in [0.717, 1.165) is 0 Å². The number of carboxylic acid groups (broad SMARTS) is 1. The Morgan fingerprint density at radius 2 is 1.65 bits per heavy atom. The highest BCUT2D eigenvalue weighted by Crippen LogP contribution is 2.30. The molecule has 0 fully saturated rings.